The van der Waals surface area contributed by atoms with Crippen molar-refractivity contribution in [3.05, 3.63) is 89.1 Å². The highest BCUT2D eigenvalue weighted by atomic mass is 32.2. The number of carbonyl (C=O) groups is 1. The quantitative estimate of drug-likeness (QED) is 0.192. The highest BCUT2D eigenvalue weighted by Gasteiger charge is 2.34. The van der Waals surface area contributed by atoms with Crippen molar-refractivity contribution in [2.24, 2.45) is 0 Å². The van der Waals surface area contributed by atoms with Crippen LogP contribution < -0.4 is 4.74 Å². The molecule has 39 heavy (non-hydrogen) atoms. The van der Waals surface area contributed by atoms with Crippen LogP contribution in [0.1, 0.15) is 46.8 Å². The Balaban J connectivity index is 1.79. The van der Waals surface area contributed by atoms with Crippen LogP contribution >= 0.6 is 0 Å². The van der Waals surface area contributed by atoms with Crippen molar-refractivity contribution in [1.82, 2.24) is 9.29 Å². The second kappa shape index (κ2) is 10.4. The number of pyridine rings is 1. The molecule has 0 fully saturated rings. The van der Waals surface area contributed by atoms with Gasteiger partial charge in [0.1, 0.15) is 5.75 Å². The van der Waals surface area contributed by atoms with E-state index in [0.29, 0.717) is 22.1 Å². The van der Waals surface area contributed by atoms with E-state index in [4.69, 9.17) is 4.74 Å². The summed E-state index contributed by atoms with van der Waals surface area (Å²) in [5, 5.41) is 0.330. The van der Waals surface area contributed by atoms with Gasteiger partial charge in [-0.05, 0) is 65.4 Å². The van der Waals surface area contributed by atoms with E-state index in [1.807, 2.05) is 13.8 Å². The average Bonchev–Trinajstić information content (AvgIpc) is 2.87. The maximum atomic E-state index is 13.7. The molecular formula is C29H27F3N2O4S. The number of benzene rings is 3. The van der Waals surface area contributed by atoms with E-state index in [9.17, 15) is 26.4 Å². The molecule has 204 valence electrons. The molecule has 3 aromatic carbocycles. The van der Waals surface area contributed by atoms with Crippen LogP contribution in [-0.2, 0) is 16.2 Å². The molecule has 0 atom stereocenters. The molecule has 10 heteroatoms. The zero-order valence-electron chi connectivity index (χ0n) is 22.0. The number of carbonyl (C=O) groups excluding carboxylic acids is 1. The van der Waals surface area contributed by atoms with E-state index >= 15 is 0 Å². The van der Waals surface area contributed by atoms with E-state index < -0.39 is 27.7 Å². The molecule has 6 nitrogen and oxygen atoms in total. The van der Waals surface area contributed by atoms with E-state index in [1.165, 1.54) is 44.6 Å². The molecule has 0 radical (unpaired) electrons. The number of nitrogens with zero attached hydrogens (tertiary/aromatic N) is 2. The minimum absolute atomic E-state index is 0.0518. The third kappa shape index (κ3) is 5.53. The molecule has 0 N–H and O–H groups in total. The summed E-state index contributed by atoms with van der Waals surface area (Å²) in [4.78, 5) is 17.2. The molecule has 0 unspecified atom stereocenters. The lowest BCUT2D eigenvalue weighted by Gasteiger charge is -2.18. The van der Waals surface area contributed by atoms with Crippen LogP contribution in [0.3, 0.4) is 0 Å². The van der Waals surface area contributed by atoms with Gasteiger partial charge >= 0.3 is 12.1 Å². The van der Waals surface area contributed by atoms with Crippen LogP contribution in [0.5, 0.6) is 5.75 Å². The van der Waals surface area contributed by atoms with Crippen LogP contribution in [0.4, 0.5) is 13.2 Å². The molecule has 0 bridgehead atoms. The van der Waals surface area contributed by atoms with E-state index in [0.717, 1.165) is 15.9 Å². The van der Waals surface area contributed by atoms with E-state index in [-0.39, 0.29) is 27.6 Å². The van der Waals surface area contributed by atoms with Crippen molar-refractivity contribution < 1.29 is 31.1 Å². The van der Waals surface area contributed by atoms with Crippen LogP contribution in [0, 0.1) is 6.92 Å². The molecule has 0 spiro atoms. The van der Waals surface area contributed by atoms with Gasteiger partial charge in [-0.1, -0.05) is 44.2 Å². The molecule has 0 saturated heterocycles. The Labute approximate surface area is 225 Å². The Morgan fingerprint density at radius 3 is 2.33 bits per heavy atom. The summed E-state index contributed by atoms with van der Waals surface area (Å²) < 4.78 is 72.9. The summed E-state index contributed by atoms with van der Waals surface area (Å²) in [6.07, 6.45) is -3.12. The third-order valence-electron chi connectivity index (χ3n) is 6.39. The first kappa shape index (κ1) is 28.3. The van der Waals surface area contributed by atoms with E-state index in [2.05, 4.69) is 4.98 Å². The number of aryl methyl sites for hydroxylation is 1. The number of esters is 1. The van der Waals surface area contributed by atoms with Crippen LogP contribution in [0.15, 0.2) is 71.8 Å². The number of para-hydroxylation sites is 1. The van der Waals surface area contributed by atoms with Crippen LogP contribution in [0.25, 0.3) is 22.0 Å². The zero-order chi connectivity index (χ0) is 28.7. The van der Waals surface area contributed by atoms with Crippen molar-refractivity contribution in [1.29, 1.82) is 0 Å². The lowest BCUT2D eigenvalue weighted by atomic mass is 9.90. The number of halogens is 3. The molecule has 4 aromatic rings. The van der Waals surface area contributed by atoms with Gasteiger partial charge in [-0.2, -0.15) is 13.2 Å². The molecule has 0 aliphatic heterocycles. The third-order valence-corrected chi connectivity index (χ3v) is 8.21. The SMILES string of the molecule is Cc1ccc(S(=O)(=O)N(C)C)cc1C(=O)Oc1cccc(-c2c(C(C)C)cnc3c(C(F)(F)F)cccc23)c1. The molecule has 0 saturated carbocycles. The van der Waals surface area contributed by atoms with Crippen molar-refractivity contribution in [3.8, 4) is 16.9 Å². The number of fused-ring (bicyclic) bond motifs is 1. The zero-order valence-corrected chi connectivity index (χ0v) is 22.8. The molecule has 0 aliphatic rings. The van der Waals surface area contributed by atoms with Gasteiger partial charge in [0.25, 0.3) is 0 Å². The number of ether oxygens (including phenoxy) is 1. The maximum absolute atomic E-state index is 13.7. The van der Waals surface area contributed by atoms with Gasteiger partial charge in [-0.15, -0.1) is 0 Å². The van der Waals surface area contributed by atoms with Gasteiger partial charge < -0.3 is 4.74 Å². The van der Waals surface area contributed by atoms with Gasteiger partial charge in [0, 0.05) is 25.7 Å². The van der Waals surface area contributed by atoms with E-state index in [1.54, 1.807) is 37.3 Å². The molecule has 1 aromatic heterocycles. The number of aromatic nitrogens is 1. The first-order valence-corrected chi connectivity index (χ1v) is 13.5. The monoisotopic (exact) mass is 556 g/mol. The highest BCUT2D eigenvalue weighted by molar-refractivity contribution is 7.89. The van der Waals surface area contributed by atoms with Gasteiger partial charge in [-0.3, -0.25) is 4.98 Å². The molecule has 4 rings (SSSR count). The van der Waals surface area contributed by atoms with Crippen LogP contribution in [0.2, 0.25) is 0 Å². The fourth-order valence-electron chi connectivity index (χ4n) is 4.30. The van der Waals surface area contributed by atoms with Crippen molar-refractivity contribution in [2.75, 3.05) is 14.1 Å². The summed E-state index contributed by atoms with van der Waals surface area (Å²) in [6, 6.07) is 14.7. The Hall–Kier alpha value is -3.76. The second-order valence-electron chi connectivity index (χ2n) is 9.62. The average molecular weight is 557 g/mol. The fraction of sp³-hybridized carbons (Fsp3) is 0.241. The smallest absolute Gasteiger partial charge is 0.418 e. The summed E-state index contributed by atoms with van der Waals surface area (Å²) in [5.41, 5.74) is 1.46. The summed E-state index contributed by atoms with van der Waals surface area (Å²) >= 11 is 0. The standard InChI is InChI=1S/C29H27F3N2O4S/c1-17(2)24-16-33-27-22(10-7-11-25(27)29(30,31)32)26(24)19-8-6-9-20(14-19)38-28(35)23-15-21(13-12-18(23)3)39(36,37)34(4)5/h6-17H,1-5H3. The Kier molecular flexibility index (Phi) is 7.55. The predicted molar refractivity (Wildman–Crippen MR) is 143 cm³/mol. The number of rotatable bonds is 6. The Morgan fingerprint density at radius 1 is 1.00 bits per heavy atom. The molecule has 0 aliphatic carbocycles. The largest absolute Gasteiger partial charge is 0.423 e. The van der Waals surface area contributed by atoms with Crippen molar-refractivity contribution >= 4 is 26.9 Å². The van der Waals surface area contributed by atoms with Crippen molar-refractivity contribution in [3.63, 3.8) is 0 Å². The minimum atomic E-state index is -4.58. The summed E-state index contributed by atoms with van der Waals surface area (Å²) in [7, 11) is -0.987. The van der Waals surface area contributed by atoms with Crippen molar-refractivity contribution in [2.45, 2.75) is 37.8 Å². The Morgan fingerprint density at radius 2 is 1.69 bits per heavy atom. The highest BCUT2D eigenvalue weighted by Crippen LogP contribution is 2.40. The van der Waals surface area contributed by atoms with Gasteiger partial charge in [0.15, 0.2) is 0 Å². The lowest BCUT2D eigenvalue weighted by Crippen LogP contribution is -2.23. The fourth-order valence-corrected chi connectivity index (χ4v) is 5.22. The van der Waals surface area contributed by atoms with Crippen LogP contribution in [-0.4, -0.2) is 37.8 Å². The summed E-state index contributed by atoms with van der Waals surface area (Å²) in [6.45, 7) is 5.50. The minimum Gasteiger partial charge on any atom is -0.423 e. The number of hydrogen-bond acceptors (Lipinski definition) is 5. The topological polar surface area (TPSA) is 76.6 Å². The number of alkyl halides is 3. The second-order valence-corrected chi connectivity index (χ2v) is 11.8. The van der Waals surface area contributed by atoms with Gasteiger partial charge in [-0.25, -0.2) is 17.5 Å². The molecule has 1 heterocycles. The molecule has 0 amide bonds. The first-order chi connectivity index (χ1) is 18.2. The number of hydrogen-bond donors (Lipinski definition) is 0. The normalized spacial score (nSPS) is 12.4. The lowest BCUT2D eigenvalue weighted by molar-refractivity contribution is -0.136. The summed E-state index contributed by atoms with van der Waals surface area (Å²) in [5.74, 6) is -0.658. The number of sulfonamides is 1. The van der Waals surface area contributed by atoms with Gasteiger partial charge in [0.05, 0.1) is 21.5 Å². The Bertz CT molecular complexity index is 1680. The van der Waals surface area contributed by atoms with Gasteiger partial charge in [0.2, 0.25) is 10.0 Å². The maximum Gasteiger partial charge on any atom is 0.418 e. The predicted octanol–water partition coefficient (Wildman–Crippen LogP) is 6.82. The molecular weight excluding hydrogens is 529 g/mol. The first-order valence-electron chi connectivity index (χ1n) is 12.1.